The van der Waals surface area contributed by atoms with Crippen molar-refractivity contribution >= 4 is 65.6 Å². The van der Waals surface area contributed by atoms with Crippen LogP contribution in [0, 0.1) is 34.0 Å². The molecule has 6 nitrogen and oxygen atoms in total. The van der Waals surface area contributed by atoms with Gasteiger partial charge < -0.3 is 13.6 Å². The van der Waals surface area contributed by atoms with Crippen LogP contribution in [-0.2, 0) is 0 Å². The molecule has 0 saturated carbocycles. The van der Waals surface area contributed by atoms with Crippen LogP contribution >= 0.6 is 0 Å². The van der Waals surface area contributed by atoms with Crippen LogP contribution in [0.4, 0.5) is 0 Å². The minimum absolute atomic E-state index is 0.430. The average Bonchev–Trinajstić information content (AvgIpc) is 3.85. The minimum atomic E-state index is 0.430. The number of aromatic nitrogens is 2. The number of nitrogens with zero attached hydrogens (tertiary/aromatic N) is 5. The van der Waals surface area contributed by atoms with E-state index < -0.39 is 0 Å². The van der Waals surface area contributed by atoms with Gasteiger partial charge in [-0.15, -0.1) is 0 Å². The molecule has 7 aromatic carbocycles. The molecule has 3 aromatic heterocycles. The van der Waals surface area contributed by atoms with Crippen molar-refractivity contribution in [1.82, 2.24) is 9.13 Å². The Kier molecular flexibility index (Phi) is 5.97. The predicted molar refractivity (Wildman–Crippen MR) is 202 cm³/mol. The normalized spacial score (nSPS) is 11.5. The lowest BCUT2D eigenvalue weighted by atomic mass is 10.0. The van der Waals surface area contributed by atoms with E-state index in [1.165, 1.54) is 0 Å². The van der Waals surface area contributed by atoms with Crippen LogP contribution in [0.2, 0.25) is 0 Å². The molecule has 3 heterocycles. The summed E-state index contributed by atoms with van der Waals surface area (Å²) in [6.45, 7) is 0. The smallest absolute Gasteiger partial charge is 0.155 e. The lowest BCUT2D eigenvalue weighted by Crippen LogP contribution is -1.96. The molecule has 10 rings (SSSR count). The van der Waals surface area contributed by atoms with Gasteiger partial charge in [-0.3, -0.25) is 0 Å². The van der Waals surface area contributed by atoms with E-state index >= 15 is 0 Å². The molecule has 0 spiro atoms. The Morgan fingerprint density at radius 2 is 1.04 bits per heavy atom. The van der Waals surface area contributed by atoms with Crippen LogP contribution in [0.5, 0.6) is 0 Å². The second kappa shape index (κ2) is 10.7. The van der Waals surface area contributed by atoms with Crippen molar-refractivity contribution in [3.8, 4) is 40.7 Å². The predicted octanol–water partition coefficient (Wildman–Crippen LogP) is 11.1. The third-order valence-electron chi connectivity index (χ3n) is 9.98. The second-order valence-electron chi connectivity index (χ2n) is 12.7. The van der Waals surface area contributed by atoms with Crippen molar-refractivity contribution in [2.45, 2.75) is 0 Å². The number of hydrogen-bond donors (Lipinski definition) is 0. The number of rotatable bonds is 3. The summed E-state index contributed by atoms with van der Waals surface area (Å²) < 4.78 is 10.8. The van der Waals surface area contributed by atoms with E-state index in [1.54, 1.807) is 6.07 Å². The highest BCUT2D eigenvalue weighted by atomic mass is 16.3. The third kappa shape index (κ3) is 4.01. The molecule has 0 aliphatic carbocycles. The fourth-order valence-corrected chi connectivity index (χ4v) is 7.82. The molecule has 0 bridgehead atoms. The average molecular weight is 650 g/mol. The molecule has 0 amide bonds. The quantitative estimate of drug-likeness (QED) is 0.190. The van der Waals surface area contributed by atoms with Gasteiger partial charge in [0.25, 0.3) is 0 Å². The Labute approximate surface area is 291 Å². The second-order valence-corrected chi connectivity index (χ2v) is 12.7. The Balaban J connectivity index is 1.22. The van der Waals surface area contributed by atoms with Crippen LogP contribution in [0.25, 0.3) is 88.1 Å². The summed E-state index contributed by atoms with van der Waals surface area (Å²) in [5, 5.41) is 35.5. The molecule has 0 aliphatic rings. The highest BCUT2D eigenvalue weighted by Crippen LogP contribution is 2.43. The van der Waals surface area contributed by atoms with Crippen molar-refractivity contribution in [3.63, 3.8) is 0 Å². The lowest BCUT2D eigenvalue weighted by Gasteiger charge is -2.13. The molecule has 0 fully saturated rings. The van der Waals surface area contributed by atoms with Gasteiger partial charge in [-0.25, -0.2) is 0 Å². The van der Waals surface area contributed by atoms with Gasteiger partial charge in [-0.2, -0.15) is 15.8 Å². The van der Waals surface area contributed by atoms with Crippen molar-refractivity contribution < 1.29 is 4.42 Å². The Bertz CT molecular complexity index is 3240. The number of nitriles is 3. The number of fused-ring (bicyclic) bond motifs is 10. The highest BCUT2D eigenvalue weighted by molar-refractivity contribution is 6.26. The van der Waals surface area contributed by atoms with Gasteiger partial charge in [0.2, 0.25) is 0 Å². The fourth-order valence-electron chi connectivity index (χ4n) is 7.82. The van der Waals surface area contributed by atoms with Gasteiger partial charge >= 0.3 is 0 Å². The first-order valence-electron chi connectivity index (χ1n) is 16.5. The molecule has 0 N–H and O–H groups in total. The molecule has 0 unspecified atom stereocenters. The molecule has 0 atom stereocenters. The standard InChI is InChI=1S/C45H23N5O/c46-24-27-18-19-41-37(20-27)34-13-1-3-16-39(34)49(41)32-11-5-8-28(21-32)29-9-6-12-33(22-29)50-40-17-4-2-14-35(40)38-23-31(26-48)45-42(43(38)50)36-15-7-10-30(25-47)44(36)51-45/h1-23H. The maximum absolute atomic E-state index is 10.2. The zero-order chi connectivity index (χ0) is 34.2. The molecule has 0 radical (unpaired) electrons. The van der Waals surface area contributed by atoms with Crippen LogP contribution in [0.3, 0.4) is 0 Å². The van der Waals surface area contributed by atoms with Crippen LogP contribution in [-0.4, -0.2) is 9.13 Å². The molecule has 10 aromatic rings. The van der Waals surface area contributed by atoms with Gasteiger partial charge in [0.15, 0.2) is 11.2 Å². The summed E-state index contributed by atoms with van der Waals surface area (Å²) >= 11 is 0. The topological polar surface area (TPSA) is 94.4 Å². The van der Waals surface area contributed by atoms with Crippen molar-refractivity contribution in [2.24, 2.45) is 0 Å². The summed E-state index contributed by atoms with van der Waals surface area (Å²) in [5.74, 6) is 0. The summed E-state index contributed by atoms with van der Waals surface area (Å²) in [7, 11) is 0. The highest BCUT2D eigenvalue weighted by Gasteiger charge is 2.23. The van der Waals surface area contributed by atoms with Gasteiger partial charge in [0, 0.05) is 38.3 Å². The third-order valence-corrected chi connectivity index (χ3v) is 9.98. The zero-order valence-electron chi connectivity index (χ0n) is 26.9. The molecular formula is C45H23N5O. The minimum Gasteiger partial charge on any atom is -0.453 e. The molecule has 51 heavy (non-hydrogen) atoms. The van der Waals surface area contributed by atoms with Gasteiger partial charge in [-0.05, 0) is 77.9 Å². The summed E-state index contributed by atoms with van der Waals surface area (Å²) in [4.78, 5) is 0. The fraction of sp³-hybridized carbons (Fsp3) is 0. The molecule has 0 saturated heterocycles. The van der Waals surface area contributed by atoms with Gasteiger partial charge in [0.1, 0.15) is 12.1 Å². The first-order valence-corrected chi connectivity index (χ1v) is 16.5. The van der Waals surface area contributed by atoms with E-state index in [9.17, 15) is 15.8 Å². The largest absolute Gasteiger partial charge is 0.453 e. The maximum atomic E-state index is 10.2. The van der Waals surface area contributed by atoms with E-state index in [-0.39, 0.29) is 0 Å². The van der Waals surface area contributed by atoms with E-state index in [1.807, 2.05) is 60.7 Å². The number of hydrogen-bond acceptors (Lipinski definition) is 4. The number of benzene rings is 7. The molecule has 234 valence electrons. The van der Waals surface area contributed by atoms with Crippen LogP contribution < -0.4 is 0 Å². The summed E-state index contributed by atoms with van der Waals surface area (Å²) in [6.07, 6.45) is 0. The van der Waals surface area contributed by atoms with E-state index in [4.69, 9.17) is 4.42 Å². The summed E-state index contributed by atoms with van der Waals surface area (Å²) in [5.41, 5.74) is 10.6. The Hall–Kier alpha value is -7.59. The van der Waals surface area contributed by atoms with Crippen LogP contribution in [0.1, 0.15) is 16.7 Å². The monoisotopic (exact) mass is 649 g/mol. The maximum Gasteiger partial charge on any atom is 0.155 e. The van der Waals surface area contributed by atoms with E-state index in [0.29, 0.717) is 27.9 Å². The molecule has 0 aliphatic heterocycles. The number of furan rings is 1. The molecular weight excluding hydrogens is 627 g/mol. The first-order chi connectivity index (χ1) is 25.2. The van der Waals surface area contributed by atoms with Gasteiger partial charge in [-0.1, -0.05) is 72.8 Å². The number of para-hydroxylation sites is 3. The van der Waals surface area contributed by atoms with E-state index in [0.717, 1.165) is 76.9 Å². The Morgan fingerprint density at radius 3 is 1.75 bits per heavy atom. The SMILES string of the molecule is N#Cc1ccc2c(c1)c1ccccc1n2-c1cccc(-c2cccc(-n3c4ccccc4c4cc(C#N)c5oc6c(C#N)cccc6c5c43)c2)c1. The Morgan fingerprint density at radius 1 is 0.431 bits per heavy atom. The van der Waals surface area contributed by atoms with Crippen molar-refractivity contribution in [3.05, 3.63) is 156 Å². The van der Waals surface area contributed by atoms with Gasteiger partial charge in [0.05, 0.1) is 50.2 Å². The zero-order valence-corrected chi connectivity index (χ0v) is 26.9. The lowest BCUT2D eigenvalue weighted by molar-refractivity contribution is 0.666. The molecule has 6 heteroatoms. The van der Waals surface area contributed by atoms with Crippen molar-refractivity contribution in [2.75, 3.05) is 0 Å². The first kappa shape index (κ1) is 28.4. The summed E-state index contributed by atoms with van der Waals surface area (Å²) in [6, 6.07) is 53.8. The van der Waals surface area contributed by atoms with Crippen molar-refractivity contribution in [1.29, 1.82) is 15.8 Å². The van der Waals surface area contributed by atoms with E-state index in [2.05, 4.69) is 100 Å². The van der Waals surface area contributed by atoms with Crippen LogP contribution in [0.15, 0.2) is 144 Å².